The molecule has 1 aromatic rings. The Morgan fingerprint density at radius 3 is 2.71 bits per heavy atom. The number of thiazole rings is 1. The van der Waals surface area contributed by atoms with Crippen molar-refractivity contribution in [2.75, 3.05) is 6.54 Å². The molecule has 1 heterocycles. The summed E-state index contributed by atoms with van der Waals surface area (Å²) in [6.45, 7) is 7.81. The van der Waals surface area contributed by atoms with Gasteiger partial charge in [-0.1, -0.05) is 27.2 Å². The van der Waals surface area contributed by atoms with Crippen LogP contribution in [0.15, 0.2) is 11.6 Å². The summed E-state index contributed by atoms with van der Waals surface area (Å²) in [7, 11) is 0. The van der Waals surface area contributed by atoms with Crippen LogP contribution in [0, 0.1) is 5.92 Å². The summed E-state index contributed by atoms with van der Waals surface area (Å²) in [5.41, 5.74) is 0. The number of nitrogens with one attached hydrogen (secondary N) is 1. The quantitative estimate of drug-likeness (QED) is 0.783. The van der Waals surface area contributed by atoms with Crippen molar-refractivity contribution >= 4 is 11.3 Å². The molecule has 0 radical (unpaired) electrons. The van der Waals surface area contributed by atoms with Crippen molar-refractivity contribution in [1.82, 2.24) is 10.3 Å². The molecular formula is C11H20N2S. The maximum Gasteiger partial charge on any atom is 0.109 e. The van der Waals surface area contributed by atoms with Crippen LogP contribution in [0.4, 0.5) is 0 Å². The van der Waals surface area contributed by atoms with E-state index < -0.39 is 0 Å². The van der Waals surface area contributed by atoms with Crippen LogP contribution in [0.25, 0.3) is 0 Å². The number of hydrogen-bond acceptors (Lipinski definition) is 3. The van der Waals surface area contributed by atoms with Gasteiger partial charge in [0, 0.05) is 11.6 Å². The largest absolute Gasteiger partial charge is 0.308 e. The highest BCUT2D eigenvalue weighted by Gasteiger charge is 2.11. The predicted octanol–water partition coefficient (Wildman–Crippen LogP) is 3.23. The molecule has 0 bridgehead atoms. The van der Waals surface area contributed by atoms with E-state index in [9.17, 15) is 0 Å². The van der Waals surface area contributed by atoms with E-state index in [-0.39, 0.29) is 0 Å². The summed E-state index contributed by atoms with van der Waals surface area (Å²) in [5, 5.41) is 6.83. The minimum absolute atomic E-state index is 0.448. The lowest BCUT2D eigenvalue weighted by Gasteiger charge is -2.17. The SMILES string of the molecule is CCC(C)CNC(CC)c1nccs1. The highest BCUT2D eigenvalue weighted by molar-refractivity contribution is 7.09. The van der Waals surface area contributed by atoms with Gasteiger partial charge in [0.05, 0.1) is 6.04 Å². The molecule has 0 saturated carbocycles. The molecule has 0 aliphatic rings. The summed E-state index contributed by atoms with van der Waals surface area (Å²) >= 11 is 1.74. The Morgan fingerprint density at radius 1 is 1.43 bits per heavy atom. The van der Waals surface area contributed by atoms with Crippen molar-refractivity contribution < 1.29 is 0 Å². The van der Waals surface area contributed by atoms with Crippen LogP contribution in [0.3, 0.4) is 0 Å². The van der Waals surface area contributed by atoms with E-state index in [0.717, 1.165) is 18.9 Å². The third-order valence-corrected chi connectivity index (χ3v) is 3.46. The van der Waals surface area contributed by atoms with E-state index in [1.54, 1.807) is 11.3 Å². The Kier molecular flexibility index (Phi) is 5.12. The molecule has 0 aliphatic heterocycles. The monoisotopic (exact) mass is 212 g/mol. The Bertz CT molecular complexity index is 233. The number of aromatic nitrogens is 1. The maximum atomic E-state index is 4.35. The zero-order valence-electron chi connectivity index (χ0n) is 9.29. The van der Waals surface area contributed by atoms with Gasteiger partial charge in [-0.2, -0.15) is 0 Å². The molecular weight excluding hydrogens is 192 g/mol. The second-order valence-corrected chi connectivity index (χ2v) is 4.68. The first-order chi connectivity index (χ1) is 6.77. The molecule has 0 spiro atoms. The van der Waals surface area contributed by atoms with Crippen molar-refractivity contribution in [2.24, 2.45) is 5.92 Å². The Hall–Kier alpha value is -0.410. The molecule has 0 fully saturated rings. The zero-order chi connectivity index (χ0) is 10.4. The number of hydrogen-bond donors (Lipinski definition) is 1. The second kappa shape index (κ2) is 6.14. The summed E-state index contributed by atoms with van der Waals surface area (Å²) < 4.78 is 0. The third kappa shape index (κ3) is 3.39. The van der Waals surface area contributed by atoms with Crippen LogP contribution >= 0.6 is 11.3 Å². The van der Waals surface area contributed by atoms with Crippen molar-refractivity contribution in [2.45, 2.75) is 39.7 Å². The van der Waals surface area contributed by atoms with Crippen molar-refractivity contribution in [3.8, 4) is 0 Å². The molecule has 1 rings (SSSR count). The maximum absolute atomic E-state index is 4.35. The standard InChI is InChI=1S/C11H20N2S/c1-4-9(3)8-13-10(5-2)11-12-6-7-14-11/h6-7,9-10,13H,4-5,8H2,1-3H3. The molecule has 0 saturated heterocycles. The van der Waals surface area contributed by atoms with Gasteiger partial charge in [0.15, 0.2) is 0 Å². The van der Waals surface area contributed by atoms with Gasteiger partial charge in [-0.3, -0.25) is 0 Å². The van der Waals surface area contributed by atoms with Crippen molar-refractivity contribution in [3.05, 3.63) is 16.6 Å². The predicted molar refractivity (Wildman–Crippen MR) is 62.6 cm³/mol. The van der Waals surface area contributed by atoms with Crippen molar-refractivity contribution in [1.29, 1.82) is 0 Å². The molecule has 0 aromatic carbocycles. The Balaban J connectivity index is 2.40. The van der Waals surface area contributed by atoms with Gasteiger partial charge < -0.3 is 5.32 Å². The van der Waals surface area contributed by atoms with E-state index in [2.05, 4.69) is 31.1 Å². The molecule has 0 amide bonds. The highest BCUT2D eigenvalue weighted by Crippen LogP contribution is 2.18. The first kappa shape index (κ1) is 11.7. The van der Waals surface area contributed by atoms with Gasteiger partial charge in [0.25, 0.3) is 0 Å². The molecule has 80 valence electrons. The molecule has 2 nitrogen and oxygen atoms in total. The van der Waals surface area contributed by atoms with Crippen LogP contribution in [0.1, 0.15) is 44.7 Å². The fraction of sp³-hybridized carbons (Fsp3) is 0.727. The van der Waals surface area contributed by atoms with Gasteiger partial charge in [-0.15, -0.1) is 11.3 Å². The highest BCUT2D eigenvalue weighted by atomic mass is 32.1. The molecule has 2 unspecified atom stereocenters. The van der Waals surface area contributed by atoms with E-state index in [1.165, 1.54) is 11.4 Å². The summed E-state index contributed by atoms with van der Waals surface area (Å²) in [6.07, 6.45) is 4.23. The summed E-state index contributed by atoms with van der Waals surface area (Å²) in [6, 6.07) is 0.448. The molecule has 0 aliphatic carbocycles. The average molecular weight is 212 g/mol. The fourth-order valence-corrected chi connectivity index (χ4v) is 2.10. The lowest BCUT2D eigenvalue weighted by Crippen LogP contribution is -2.25. The van der Waals surface area contributed by atoms with Crippen LogP contribution < -0.4 is 5.32 Å². The molecule has 1 N–H and O–H groups in total. The Labute approximate surface area is 90.8 Å². The smallest absolute Gasteiger partial charge is 0.109 e. The van der Waals surface area contributed by atoms with Gasteiger partial charge >= 0.3 is 0 Å². The summed E-state index contributed by atoms with van der Waals surface area (Å²) in [4.78, 5) is 4.35. The first-order valence-corrected chi connectivity index (χ1v) is 6.28. The molecule has 1 aromatic heterocycles. The minimum Gasteiger partial charge on any atom is -0.308 e. The summed E-state index contributed by atoms with van der Waals surface area (Å²) in [5.74, 6) is 0.754. The lowest BCUT2D eigenvalue weighted by molar-refractivity contribution is 0.437. The molecule has 3 heteroatoms. The van der Waals surface area contributed by atoms with Crippen LogP contribution in [-0.2, 0) is 0 Å². The van der Waals surface area contributed by atoms with E-state index >= 15 is 0 Å². The average Bonchev–Trinajstić information content (AvgIpc) is 2.72. The fourth-order valence-electron chi connectivity index (χ4n) is 1.30. The van der Waals surface area contributed by atoms with Gasteiger partial charge in [-0.25, -0.2) is 4.98 Å². The zero-order valence-corrected chi connectivity index (χ0v) is 10.1. The number of nitrogens with zero attached hydrogens (tertiary/aromatic N) is 1. The third-order valence-electron chi connectivity index (χ3n) is 2.57. The van der Waals surface area contributed by atoms with Gasteiger partial charge in [0.2, 0.25) is 0 Å². The van der Waals surface area contributed by atoms with Gasteiger partial charge in [0.1, 0.15) is 5.01 Å². The van der Waals surface area contributed by atoms with E-state index in [1.807, 2.05) is 11.6 Å². The lowest BCUT2D eigenvalue weighted by atomic mass is 10.1. The van der Waals surface area contributed by atoms with E-state index in [0.29, 0.717) is 6.04 Å². The van der Waals surface area contributed by atoms with E-state index in [4.69, 9.17) is 0 Å². The van der Waals surface area contributed by atoms with Crippen LogP contribution in [0.5, 0.6) is 0 Å². The normalized spacial score (nSPS) is 15.4. The minimum atomic E-state index is 0.448. The van der Waals surface area contributed by atoms with Crippen molar-refractivity contribution in [3.63, 3.8) is 0 Å². The Morgan fingerprint density at radius 2 is 2.21 bits per heavy atom. The van der Waals surface area contributed by atoms with Crippen LogP contribution in [0.2, 0.25) is 0 Å². The van der Waals surface area contributed by atoms with Crippen LogP contribution in [-0.4, -0.2) is 11.5 Å². The first-order valence-electron chi connectivity index (χ1n) is 5.40. The second-order valence-electron chi connectivity index (χ2n) is 3.75. The molecule has 14 heavy (non-hydrogen) atoms. The number of rotatable bonds is 6. The van der Waals surface area contributed by atoms with Gasteiger partial charge in [-0.05, 0) is 18.9 Å². The topological polar surface area (TPSA) is 24.9 Å². The molecule has 2 atom stereocenters.